The van der Waals surface area contributed by atoms with Crippen LogP contribution in [0.15, 0.2) is 12.4 Å². The lowest BCUT2D eigenvalue weighted by Gasteiger charge is -2.60. The Morgan fingerprint density at radius 1 is 1.03 bits per heavy atom. The summed E-state index contributed by atoms with van der Waals surface area (Å²) in [4.78, 5) is 0. The molecular formula is C32H52N2. The van der Waals surface area contributed by atoms with E-state index < -0.39 is 0 Å². The van der Waals surface area contributed by atoms with E-state index in [4.69, 9.17) is 0 Å². The van der Waals surface area contributed by atoms with Crippen molar-refractivity contribution >= 4 is 0 Å². The number of nitrogens with zero attached hydrogens (tertiary/aromatic N) is 2. The van der Waals surface area contributed by atoms with Gasteiger partial charge in [0.25, 0.3) is 0 Å². The molecule has 4 fully saturated rings. The Bertz CT molecular complexity index is 873. The molecule has 0 N–H and O–H groups in total. The maximum absolute atomic E-state index is 4.65. The average Bonchev–Trinajstić information content (AvgIpc) is 3.41. The fourth-order valence-corrected chi connectivity index (χ4v) is 9.72. The van der Waals surface area contributed by atoms with Crippen molar-refractivity contribution in [2.45, 2.75) is 119 Å². The molecule has 1 aromatic heterocycles. The summed E-state index contributed by atoms with van der Waals surface area (Å²) in [5, 5.41) is 4.65. The lowest BCUT2D eigenvalue weighted by Crippen LogP contribution is -2.52. The summed E-state index contributed by atoms with van der Waals surface area (Å²) in [5.74, 6) is 12.9. The van der Waals surface area contributed by atoms with Gasteiger partial charge in [0.2, 0.25) is 0 Å². The van der Waals surface area contributed by atoms with E-state index in [0.717, 1.165) is 54.0 Å². The van der Waals surface area contributed by atoms with Gasteiger partial charge in [-0.3, -0.25) is 4.68 Å². The van der Waals surface area contributed by atoms with Gasteiger partial charge < -0.3 is 0 Å². The van der Waals surface area contributed by atoms with E-state index in [1.54, 1.807) is 0 Å². The third-order valence-corrected chi connectivity index (χ3v) is 11.0. The summed E-state index contributed by atoms with van der Waals surface area (Å²) in [5.41, 5.74) is 2.27. The van der Waals surface area contributed by atoms with Gasteiger partial charge in [0.15, 0.2) is 0 Å². The number of rotatable bonds is 3. The summed E-state index contributed by atoms with van der Waals surface area (Å²) in [7, 11) is 0. The van der Waals surface area contributed by atoms with Crippen LogP contribution in [0.5, 0.6) is 0 Å². The minimum atomic E-state index is 0.550. The quantitative estimate of drug-likeness (QED) is 0.409. The highest BCUT2D eigenvalue weighted by atomic mass is 15.3. The average molecular weight is 465 g/mol. The molecule has 0 spiro atoms. The molecule has 0 amide bonds. The molecule has 4 aliphatic rings. The van der Waals surface area contributed by atoms with E-state index in [-0.39, 0.29) is 0 Å². The van der Waals surface area contributed by atoms with Crippen molar-refractivity contribution in [1.29, 1.82) is 0 Å². The van der Waals surface area contributed by atoms with Gasteiger partial charge in [0.05, 0.1) is 11.8 Å². The van der Waals surface area contributed by atoms with Gasteiger partial charge in [0.1, 0.15) is 0 Å². The van der Waals surface area contributed by atoms with E-state index in [2.05, 4.69) is 62.4 Å². The zero-order valence-corrected chi connectivity index (χ0v) is 23.4. The van der Waals surface area contributed by atoms with Gasteiger partial charge in [0, 0.05) is 19.2 Å². The Hall–Kier alpha value is -1.23. The minimum Gasteiger partial charge on any atom is -0.271 e. The smallest absolute Gasteiger partial charge is 0.0646 e. The van der Waals surface area contributed by atoms with Crippen molar-refractivity contribution in [3.05, 3.63) is 18.0 Å². The number of hydrogen-bond acceptors (Lipinski definition) is 1. The largest absolute Gasteiger partial charge is 0.271 e. The van der Waals surface area contributed by atoms with Crippen LogP contribution in [0.1, 0.15) is 118 Å². The topological polar surface area (TPSA) is 17.8 Å². The monoisotopic (exact) mass is 464 g/mol. The Morgan fingerprint density at radius 2 is 1.74 bits per heavy atom. The Morgan fingerprint density at radius 3 is 2.50 bits per heavy atom. The fourth-order valence-electron chi connectivity index (χ4n) is 9.72. The summed E-state index contributed by atoms with van der Waals surface area (Å²) in [6, 6.07) is 0. The van der Waals surface area contributed by atoms with E-state index in [1.165, 1.54) is 57.8 Å². The van der Waals surface area contributed by atoms with Crippen LogP contribution in [0.2, 0.25) is 0 Å². The van der Waals surface area contributed by atoms with Crippen LogP contribution in [0.25, 0.3) is 0 Å². The number of fused-ring (bicyclic) bond motifs is 5. The van der Waals surface area contributed by atoms with Crippen molar-refractivity contribution < 1.29 is 0 Å². The van der Waals surface area contributed by atoms with Gasteiger partial charge in [-0.25, -0.2) is 0 Å². The van der Waals surface area contributed by atoms with E-state index in [9.17, 15) is 0 Å². The summed E-state index contributed by atoms with van der Waals surface area (Å²) in [6.45, 7) is 17.5. The predicted octanol–water partition coefficient (Wildman–Crippen LogP) is 8.60. The van der Waals surface area contributed by atoms with Gasteiger partial charge in [-0.2, -0.15) is 5.10 Å². The molecule has 4 saturated carbocycles. The third kappa shape index (κ3) is 4.63. The molecule has 0 bridgehead atoms. The van der Waals surface area contributed by atoms with Crippen molar-refractivity contribution in [3.63, 3.8) is 0 Å². The first-order valence-electron chi connectivity index (χ1n) is 14.9. The van der Waals surface area contributed by atoms with Crippen molar-refractivity contribution in [1.82, 2.24) is 9.78 Å². The first-order valence-corrected chi connectivity index (χ1v) is 14.9. The molecule has 2 nitrogen and oxygen atoms in total. The predicted molar refractivity (Wildman–Crippen MR) is 144 cm³/mol. The second-order valence-corrected chi connectivity index (χ2v) is 12.9. The molecule has 190 valence electrons. The van der Waals surface area contributed by atoms with Crippen LogP contribution in [-0.2, 0) is 6.54 Å². The van der Waals surface area contributed by atoms with Crippen LogP contribution in [0.4, 0.5) is 0 Å². The molecule has 34 heavy (non-hydrogen) atoms. The number of aromatic nitrogens is 2. The zero-order valence-electron chi connectivity index (χ0n) is 23.4. The minimum absolute atomic E-state index is 0.550. The van der Waals surface area contributed by atoms with E-state index in [1.807, 2.05) is 20.0 Å². The molecule has 0 saturated heterocycles. The van der Waals surface area contributed by atoms with Gasteiger partial charge in [-0.05, 0) is 104 Å². The van der Waals surface area contributed by atoms with E-state index >= 15 is 0 Å². The van der Waals surface area contributed by atoms with Gasteiger partial charge >= 0.3 is 0 Å². The Labute approximate surface area is 211 Å². The van der Waals surface area contributed by atoms with Crippen molar-refractivity contribution in [3.8, 4) is 11.8 Å². The second kappa shape index (κ2) is 10.4. The lowest BCUT2D eigenvalue weighted by molar-refractivity contribution is -0.106. The molecular weight excluding hydrogens is 412 g/mol. The molecule has 1 aromatic rings. The molecule has 0 aliphatic heterocycles. The van der Waals surface area contributed by atoms with Crippen LogP contribution < -0.4 is 0 Å². The van der Waals surface area contributed by atoms with Gasteiger partial charge in [-0.15, -0.1) is 0 Å². The molecule has 4 unspecified atom stereocenters. The fraction of sp³-hybridized carbons (Fsp3) is 0.844. The highest BCUT2D eigenvalue weighted by Crippen LogP contribution is 2.67. The molecule has 4 aliphatic carbocycles. The SMILES string of the molecule is CC.CCC#Cc1cnn(C[C@H](C)C2CCC3[C@@H]4CC[C@]5(C)CC(C)CC[C@@H]5C4CC[C@@]32C)c1. The lowest BCUT2D eigenvalue weighted by atomic mass is 9.45. The Balaban J connectivity index is 0.00000133. The van der Waals surface area contributed by atoms with Crippen LogP contribution in [0, 0.1) is 64.1 Å². The van der Waals surface area contributed by atoms with E-state index in [0.29, 0.717) is 16.7 Å². The molecule has 1 heterocycles. The summed E-state index contributed by atoms with van der Waals surface area (Å²) in [6.07, 6.45) is 18.4. The Kier molecular flexibility index (Phi) is 7.91. The highest BCUT2D eigenvalue weighted by molar-refractivity contribution is 5.29. The molecule has 5 rings (SSSR count). The normalized spacial score (nSPS) is 41.6. The number of hydrogen-bond donors (Lipinski definition) is 0. The first kappa shape index (κ1) is 25.9. The molecule has 0 radical (unpaired) electrons. The summed E-state index contributed by atoms with van der Waals surface area (Å²) < 4.78 is 2.17. The van der Waals surface area contributed by atoms with Gasteiger partial charge in [-0.1, -0.05) is 66.7 Å². The van der Waals surface area contributed by atoms with Crippen LogP contribution in [-0.4, -0.2) is 9.78 Å². The standard InChI is InChI=1S/C30H46N2.C2H6/c1-6-7-8-23-18-31-32(20-23)19-22(3)26-11-12-28-25-13-15-29(4)17-21(2)9-10-27(29)24(25)14-16-30(26,28)5;1-2/h18,20-22,24-28H,6,9-17,19H2,1-5H3;1-2H3/t21?,22-,24?,25+,26?,27+,28?,29+,30+;/m0./s1. The van der Waals surface area contributed by atoms with Crippen LogP contribution >= 0.6 is 0 Å². The van der Waals surface area contributed by atoms with Crippen molar-refractivity contribution in [2.75, 3.05) is 0 Å². The first-order chi connectivity index (χ1) is 16.3. The molecule has 0 aromatic carbocycles. The van der Waals surface area contributed by atoms with Crippen molar-refractivity contribution in [2.24, 2.45) is 52.3 Å². The third-order valence-electron chi connectivity index (χ3n) is 11.0. The maximum Gasteiger partial charge on any atom is 0.0646 e. The molecule has 2 heteroatoms. The maximum atomic E-state index is 4.65. The highest BCUT2D eigenvalue weighted by Gasteiger charge is 2.59. The summed E-state index contributed by atoms with van der Waals surface area (Å²) >= 11 is 0. The second-order valence-electron chi connectivity index (χ2n) is 12.9. The zero-order chi connectivity index (χ0) is 24.5. The van der Waals surface area contributed by atoms with Crippen LogP contribution in [0.3, 0.4) is 0 Å². The molecule has 9 atom stereocenters.